The van der Waals surface area contributed by atoms with Crippen molar-refractivity contribution in [1.29, 1.82) is 0 Å². The zero-order valence-corrected chi connectivity index (χ0v) is 14.3. The van der Waals surface area contributed by atoms with Gasteiger partial charge in [0, 0.05) is 23.1 Å². The van der Waals surface area contributed by atoms with Crippen molar-refractivity contribution < 1.29 is 23.9 Å². The van der Waals surface area contributed by atoms with Crippen LogP contribution in [0.3, 0.4) is 0 Å². The minimum atomic E-state index is -0.502. The lowest BCUT2D eigenvalue weighted by Gasteiger charge is -2.13. The first-order valence-corrected chi connectivity index (χ1v) is 7.47. The van der Waals surface area contributed by atoms with Gasteiger partial charge in [0.1, 0.15) is 0 Å². The van der Waals surface area contributed by atoms with Crippen molar-refractivity contribution in [3.05, 3.63) is 52.2 Å². The summed E-state index contributed by atoms with van der Waals surface area (Å²) in [6.45, 7) is 0. The predicted molar refractivity (Wildman–Crippen MR) is 92.2 cm³/mol. The molecule has 9 heteroatoms. The van der Waals surface area contributed by atoms with Gasteiger partial charge in [-0.2, -0.15) is 9.78 Å². The monoisotopic (exact) mass is 357 g/mol. The van der Waals surface area contributed by atoms with Crippen molar-refractivity contribution in [2.75, 3.05) is 21.3 Å². The van der Waals surface area contributed by atoms with E-state index >= 15 is 0 Å². The molecule has 0 saturated carbocycles. The van der Waals surface area contributed by atoms with Crippen LogP contribution in [0.25, 0.3) is 10.9 Å². The first kappa shape index (κ1) is 17.2. The fourth-order valence-electron chi connectivity index (χ4n) is 2.62. The molecule has 1 heterocycles. The fraction of sp³-hybridized carbons (Fsp3) is 0.176. The van der Waals surface area contributed by atoms with Crippen LogP contribution in [-0.4, -0.2) is 41.9 Å². The Morgan fingerprint density at radius 2 is 1.73 bits per heavy atom. The Kier molecular flexibility index (Phi) is 4.44. The molecule has 134 valence electrons. The van der Waals surface area contributed by atoms with Crippen LogP contribution in [0.5, 0.6) is 17.2 Å². The number of carbonyl (C=O) groups is 1. The van der Waals surface area contributed by atoms with E-state index in [0.717, 1.165) is 0 Å². The Labute approximate surface area is 147 Å². The molecule has 3 aromatic rings. The van der Waals surface area contributed by atoms with Crippen LogP contribution in [0.4, 0.5) is 5.69 Å². The van der Waals surface area contributed by atoms with Crippen LogP contribution in [-0.2, 0) is 0 Å². The average Bonchev–Trinajstić information content (AvgIpc) is 3.09. The Bertz CT molecular complexity index is 986. The van der Waals surface area contributed by atoms with Crippen LogP contribution in [0.1, 0.15) is 10.4 Å². The number of fused-ring (bicyclic) bond motifs is 1. The maximum absolute atomic E-state index is 12.9. The molecular formula is C17H15N3O6. The summed E-state index contributed by atoms with van der Waals surface area (Å²) >= 11 is 0. The summed E-state index contributed by atoms with van der Waals surface area (Å²) in [6, 6.07) is 7.20. The van der Waals surface area contributed by atoms with Gasteiger partial charge in [-0.25, -0.2) is 0 Å². The van der Waals surface area contributed by atoms with Gasteiger partial charge in [0.15, 0.2) is 11.5 Å². The molecule has 0 aliphatic carbocycles. The molecule has 0 saturated heterocycles. The Morgan fingerprint density at radius 1 is 1.08 bits per heavy atom. The van der Waals surface area contributed by atoms with E-state index in [2.05, 4.69) is 5.10 Å². The van der Waals surface area contributed by atoms with Gasteiger partial charge in [-0.05, 0) is 18.2 Å². The largest absolute Gasteiger partial charge is 0.493 e. The number of nitro benzene ring substituents is 1. The molecule has 9 nitrogen and oxygen atoms in total. The number of carbonyl (C=O) groups excluding carboxylic acids is 1. The highest BCUT2D eigenvalue weighted by Gasteiger charge is 2.20. The van der Waals surface area contributed by atoms with Gasteiger partial charge < -0.3 is 14.2 Å². The Hall–Kier alpha value is -3.62. The molecule has 0 fully saturated rings. The highest BCUT2D eigenvalue weighted by atomic mass is 16.6. The molecule has 0 aliphatic rings. The highest BCUT2D eigenvalue weighted by molar-refractivity contribution is 6.02. The molecule has 0 spiro atoms. The van der Waals surface area contributed by atoms with Gasteiger partial charge in [-0.15, -0.1) is 0 Å². The second-order valence-electron chi connectivity index (χ2n) is 5.28. The Balaban J connectivity index is 2.10. The molecule has 0 amide bonds. The number of benzene rings is 2. The molecule has 0 aliphatic heterocycles. The number of nitro groups is 1. The van der Waals surface area contributed by atoms with Crippen LogP contribution < -0.4 is 14.2 Å². The number of nitrogens with zero attached hydrogens (tertiary/aromatic N) is 3. The van der Waals surface area contributed by atoms with Crippen molar-refractivity contribution in [2.24, 2.45) is 0 Å². The third-order valence-corrected chi connectivity index (χ3v) is 3.87. The molecular weight excluding hydrogens is 342 g/mol. The first-order valence-electron chi connectivity index (χ1n) is 7.47. The van der Waals surface area contributed by atoms with Crippen molar-refractivity contribution in [3.63, 3.8) is 0 Å². The number of non-ortho nitro benzene ring substituents is 1. The zero-order valence-electron chi connectivity index (χ0n) is 14.3. The predicted octanol–water partition coefficient (Wildman–Crippen LogP) is 2.66. The van der Waals surface area contributed by atoms with E-state index in [1.807, 2.05) is 0 Å². The van der Waals surface area contributed by atoms with E-state index in [0.29, 0.717) is 28.2 Å². The maximum atomic E-state index is 12.9. The molecule has 0 bridgehead atoms. The summed E-state index contributed by atoms with van der Waals surface area (Å²) in [6.07, 6.45) is 1.40. The average molecular weight is 357 g/mol. The summed E-state index contributed by atoms with van der Waals surface area (Å²) in [5, 5.41) is 15.4. The normalized spacial score (nSPS) is 10.6. The second-order valence-corrected chi connectivity index (χ2v) is 5.28. The lowest BCUT2D eigenvalue weighted by Crippen LogP contribution is -2.14. The van der Waals surface area contributed by atoms with E-state index in [-0.39, 0.29) is 11.3 Å². The minimum Gasteiger partial charge on any atom is -0.493 e. The second kappa shape index (κ2) is 6.71. The van der Waals surface area contributed by atoms with Crippen molar-refractivity contribution in [1.82, 2.24) is 9.78 Å². The molecule has 0 unspecified atom stereocenters. The topological polar surface area (TPSA) is 106 Å². The van der Waals surface area contributed by atoms with Crippen LogP contribution in [0, 0.1) is 10.1 Å². The molecule has 3 rings (SSSR count). The van der Waals surface area contributed by atoms with E-state index < -0.39 is 10.8 Å². The summed E-state index contributed by atoms with van der Waals surface area (Å²) < 4.78 is 16.9. The molecule has 0 atom stereocenters. The summed E-state index contributed by atoms with van der Waals surface area (Å²) in [5.41, 5.74) is 0.648. The van der Waals surface area contributed by atoms with E-state index in [1.165, 1.54) is 62.5 Å². The number of hydrogen-bond acceptors (Lipinski definition) is 7. The number of hydrogen-bond donors (Lipinski definition) is 0. The Morgan fingerprint density at radius 3 is 2.27 bits per heavy atom. The fourth-order valence-corrected chi connectivity index (χ4v) is 2.62. The summed E-state index contributed by atoms with van der Waals surface area (Å²) in [5.74, 6) is 0.602. The van der Waals surface area contributed by atoms with Gasteiger partial charge in [-0.1, -0.05) is 0 Å². The van der Waals surface area contributed by atoms with Gasteiger partial charge in [0.05, 0.1) is 38.0 Å². The van der Waals surface area contributed by atoms with Gasteiger partial charge >= 0.3 is 0 Å². The summed E-state index contributed by atoms with van der Waals surface area (Å²) in [7, 11) is 4.37. The number of rotatable bonds is 5. The molecule has 0 N–H and O–H groups in total. The molecule has 1 aromatic heterocycles. The number of methoxy groups -OCH3 is 3. The van der Waals surface area contributed by atoms with Crippen LogP contribution in [0.15, 0.2) is 36.5 Å². The number of aromatic nitrogens is 2. The SMILES string of the molecule is COc1cc(C(=O)n2ncc3cc([N+](=O)[O-])ccc32)cc(OC)c1OC. The van der Waals surface area contributed by atoms with E-state index in [1.54, 1.807) is 0 Å². The van der Waals surface area contributed by atoms with Crippen molar-refractivity contribution in [2.45, 2.75) is 0 Å². The maximum Gasteiger partial charge on any atom is 0.279 e. The van der Waals surface area contributed by atoms with Crippen LogP contribution in [0.2, 0.25) is 0 Å². The third kappa shape index (κ3) is 2.79. The third-order valence-electron chi connectivity index (χ3n) is 3.87. The summed E-state index contributed by atoms with van der Waals surface area (Å²) in [4.78, 5) is 23.3. The van der Waals surface area contributed by atoms with Crippen molar-refractivity contribution >= 4 is 22.5 Å². The smallest absolute Gasteiger partial charge is 0.279 e. The van der Waals surface area contributed by atoms with Gasteiger partial charge in [0.25, 0.3) is 11.6 Å². The first-order chi connectivity index (χ1) is 12.5. The quantitative estimate of drug-likeness (QED) is 0.510. The zero-order chi connectivity index (χ0) is 18.8. The minimum absolute atomic E-state index is 0.0720. The lowest BCUT2D eigenvalue weighted by molar-refractivity contribution is -0.384. The number of ether oxygens (including phenoxy) is 3. The molecule has 26 heavy (non-hydrogen) atoms. The highest BCUT2D eigenvalue weighted by Crippen LogP contribution is 2.38. The van der Waals surface area contributed by atoms with Crippen LogP contribution >= 0.6 is 0 Å². The molecule has 0 radical (unpaired) electrons. The molecule has 2 aromatic carbocycles. The van der Waals surface area contributed by atoms with Crippen molar-refractivity contribution in [3.8, 4) is 17.2 Å². The van der Waals surface area contributed by atoms with Gasteiger partial charge in [-0.3, -0.25) is 14.9 Å². The van der Waals surface area contributed by atoms with E-state index in [9.17, 15) is 14.9 Å². The standard InChI is InChI=1S/C17H15N3O6/c1-24-14-7-10(8-15(25-2)16(14)26-3)17(21)19-13-5-4-12(20(22)23)6-11(13)9-18-19/h4-9H,1-3H3. The lowest BCUT2D eigenvalue weighted by atomic mass is 10.1. The van der Waals surface area contributed by atoms with E-state index in [4.69, 9.17) is 14.2 Å². The van der Waals surface area contributed by atoms with Gasteiger partial charge in [0.2, 0.25) is 5.75 Å².